The quantitative estimate of drug-likeness (QED) is 0.642. The Hall–Kier alpha value is -0.760. The van der Waals surface area contributed by atoms with Gasteiger partial charge in [0.15, 0.2) is 0 Å². The van der Waals surface area contributed by atoms with Crippen LogP contribution in [0.1, 0.15) is 17.2 Å². The summed E-state index contributed by atoms with van der Waals surface area (Å²) in [7, 11) is 0. The number of nitrogens with two attached hydrogens (primary N) is 1. The number of hydrogen-bond donors (Lipinski definition) is 2. The third kappa shape index (κ3) is 2.18. The van der Waals surface area contributed by atoms with Gasteiger partial charge in [0.1, 0.15) is 6.07 Å². The summed E-state index contributed by atoms with van der Waals surface area (Å²) in [5.74, 6) is 0. The number of alkyl halides is 1. The van der Waals surface area contributed by atoms with E-state index in [1.165, 1.54) is 6.07 Å². The topological polar surface area (TPSA) is 70.0 Å². The standard InChI is InChI=1S/C9H8BrClN2O/c10-3-8(14)5-1-6(4-12)9(13)7(11)2-5/h1-2,8,14H,3,13H2. The van der Waals surface area contributed by atoms with Crippen LogP contribution in [0, 0.1) is 11.3 Å². The highest BCUT2D eigenvalue weighted by Crippen LogP contribution is 2.27. The van der Waals surface area contributed by atoms with Crippen molar-refractivity contribution in [3.05, 3.63) is 28.3 Å². The Labute approximate surface area is 95.2 Å². The number of rotatable bonds is 2. The van der Waals surface area contributed by atoms with Crippen molar-refractivity contribution >= 4 is 33.2 Å². The highest BCUT2D eigenvalue weighted by molar-refractivity contribution is 9.09. The van der Waals surface area contributed by atoms with Gasteiger partial charge in [-0.2, -0.15) is 5.26 Å². The highest BCUT2D eigenvalue weighted by atomic mass is 79.9. The van der Waals surface area contributed by atoms with Gasteiger partial charge in [-0.3, -0.25) is 0 Å². The lowest BCUT2D eigenvalue weighted by molar-refractivity contribution is 0.205. The molecule has 0 amide bonds. The maximum Gasteiger partial charge on any atom is 0.101 e. The zero-order chi connectivity index (χ0) is 10.7. The van der Waals surface area contributed by atoms with Crippen molar-refractivity contribution < 1.29 is 5.11 Å². The largest absolute Gasteiger partial charge is 0.396 e. The number of nitrogens with zero attached hydrogens (tertiary/aromatic N) is 1. The average Bonchev–Trinajstić information content (AvgIpc) is 2.20. The molecule has 3 N–H and O–H groups in total. The molecule has 0 radical (unpaired) electrons. The zero-order valence-electron chi connectivity index (χ0n) is 7.17. The van der Waals surface area contributed by atoms with E-state index >= 15 is 0 Å². The first-order valence-electron chi connectivity index (χ1n) is 3.83. The van der Waals surface area contributed by atoms with Gasteiger partial charge in [-0.15, -0.1) is 0 Å². The SMILES string of the molecule is N#Cc1cc(C(O)CBr)cc(Cl)c1N. The lowest BCUT2D eigenvalue weighted by Crippen LogP contribution is -2.01. The molecule has 0 heterocycles. The number of anilines is 1. The number of aliphatic hydroxyl groups is 1. The van der Waals surface area contributed by atoms with E-state index in [4.69, 9.17) is 22.6 Å². The van der Waals surface area contributed by atoms with Crippen molar-refractivity contribution in [3.63, 3.8) is 0 Å². The highest BCUT2D eigenvalue weighted by Gasteiger charge is 2.11. The molecule has 0 aliphatic carbocycles. The van der Waals surface area contributed by atoms with Crippen LogP contribution in [0.3, 0.4) is 0 Å². The Balaban J connectivity index is 3.24. The monoisotopic (exact) mass is 274 g/mol. The van der Waals surface area contributed by atoms with Crippen LogP contribution >= 0.6 is 27.5 Å². The summed E-state index contributed by atoms with van der Waals surface area (Å²) in [6, 6.07) is 5.01. The second kappa shape index (κ2) is 4.65. The number of aliphatic hydroxyl groups excluding tert-OH is 1. The second-order valence-electron chi connectivity index (χ2n) is 2.75. The first-order chi connectivity index (χ1) is 6.60. The number of nitrogen functional groups attached to an aromatic ring is 1. The fourth-order valence-corrected chi connectivity index (χ4v) is 1.61. The lowest BCUT2D eigenvalue weighted by Gasteiger charge is -2.09. The van der Waals surface area contributed by atoms with Crippen LogP contribution in [0.4, 0.5) is 5.69 Å². The van der Waals surface area contributed by atoms with Crippen molar-refractivity contribution in [2.45, 2.75) is 6.10 Å². The Morgan fingerprint density at radius 2 is 2.29 bits per heavy atom. The van der Waals surface area contributed by atoms with E-state index in [2.05, 4.69) is 15.9 Å². The van der Waals surface area contributed by atoms with Crippen LogP contribution in [0.5, 0.6) is 0 Å². The molecule has 0 aliphatic heterocycles. The summed E-state index contributed by atoms with van der Waals surface area (Å²) in [5.41, 5.74) is 6.67. The number of benzene rings is 1. The van der Waals surface area contributed by atoms with Gasteiger partial charge < -0.3 is 10.8 Å². The molecular formula is C9H8BrClN2O. The van der Waals surface area contributed by atoms with Crippen LogP contribution in [0.25, 0.3) is 0 Å². The Morgan fingerprint density at radius 3 is 2.79 bits per heavy atom. The minimum Gasteiger partial charge on any atom is -0.396 e. The summed E-state index contributed by atoms with van der Waals surface area (Å²) < 4.78 is 0. The maximum absolute atomic E-state index is 9.51. The molecule has 1 atom stereocenters. The van der Waals surface area contributed by atoms with Crippen molar-refractivity contribution in [3.8, 4) is 6.07 Å². The van der Waals surface area contributed by atoms with Gasteiger partial charge in [-0.25, -0.2) is 0 Å². The molecule has 0 bridgehead atoms. The third-order valence-corrected chi connectivity index (χ3v) is 2.73. The van der Waals surface area contributed by atoms with Crippen LogP contribution in [0.2, 0.25) is 5.02 Å². The molecule has 0 saturated carbocycles. The minimum atomic E-state index is -0.680. The van der Waals surface area contributed by atoms with E-state index in [0.717, 1.165) is 0 Å². The van der Waals surface area contributed by atoms with Crippen molar-refractivity contribution in [2.75, 3.05) is 11.1 Å². The molecule has 0 fully saturated rings. The predicted molar refractivity (Wildman–Crippen MR) is 59.3 cm³/mol. The molecule has 1 aromatic rings. The van der Waals surface area contributed by atoms with E-state index in [1.54, 1.807) is 6.07 Å². The van der Waals surface area contributed by atoms with Gasteiger partial charge in [-0.05, 0) is 17.7 Å². The first-order valence-corrected chi connectivity index (χ1v) is 5.33. The molecule has 5 heteroatoms. The van der Waals surface area contributed by atoms with Crippen LogP contribution < -0.4 is 5.73 Å². The summed E-state index contributed by atoms with van der Waals surface area (Å²) in [6.07, 6.45) is -0.680. The first kappa shape index (κ1) is 11.3. The van der Waals surface area contributed by atoms with Gasteiger partial charge in [0.2, 0.25) is 0 Å². The van der Waals surface area contributed by atoms with Crippen molar-refractivity contribution in [1.29, 1.82) is 5.26 Å². The molecule has 14 heavy (non-hydrogen) atoms. The Morgan fingerprint density at radius 1 is 1.64 bits per heavy atom. The fraction of sp³-hybridized carbons (Fsp3) is 0.222. The molecule has 0 aliphatic rings. The summed E-state index contributed by atoms with van der Waals surface area (Å²) in [4.78, 5) is 0. The van der Waals surface area contributed by atoms with Gasteiger partial charge in [0, 0.05) is 5.33 Å². The van der Waals surface area contributed by atoms with Crippen LogP contribution in [0.15, 0.2) is 12.1 Å². The van der Waals surface area contributed by atoms with Crippen LogP contribution in [-0.4, -0.2) is 10.4 Å². The predicted octanol–water partition coefficient (Wildman–Crippen LogP) is 2.22. The number of halogens is 2. The molecule has 0 spiro atoms. The fourth-order valence-electron chi connectivity index (χ4n) is 1.01. The van der Waals surface area contributed by atoms with E-state index < -0.39 is 6.10 Å². The maximum atomic E-state index is 9.51. The molecular weight excluding hydrogens is 267 g/mol. The van der Waals surface area contributed by atoms with Crippen LogP contribution in [-0.2, 0) is 0 Å². The smallest absolute Gasteiger partial charge is 0.101 e. The molecule has 74 valence electrons. The normalized spacial score (nSPS) is 12.1. The Bertz CT molecular complexity index is 389. The summed E-state index contributed by atoms with van der Waals surface area (Å²) in [5, 5.41) is 18.9. The van der Waals surface area contributed by atoms with E-state index in [9.17, 15) is 5.11 Å². The van der Waals surface area contributed by atoms with Crippen molar-refractivity contribution in [2.24, 2.45) is 0 Å². The third-order valence-electron chi connectivity index (χ3n) is 1.80. The van der Waals surface area contributed by atoms with Gasteiger partial charge in [0.05, 0.1) is 22.4 Å². The Kier molecular flexibility index (Phi) is 3.76. The lowest BCUT2D eigenvalue weighted by atomic mass is 10.1. The number of nitriles is 1. The van der Waals surface area contributed by atoms with E-state index in [1.807, 2.05) is 6.07 Å². The molecule has 0 aromatic heterocycles. The minimum absolute atomic E-state index is 0.250. The van der Waals surface area contributed by atoms with Crippen molar-refractivity contribution in [1.82, 2.24) is 0 Å². The second-order valence-corrected chi connectivity index (χ2v) is 3.80. The zero-order valence-corrected chi connectivity index (χ0v) is 9.51. The van der Waals surface area contributed by atoms with E-state index in [-0.39, 0.29) is 11.3 Å². The molecule has 0 saturated heterocycles. The van der Waals surface area contributed by atoms with E-state index in [0.29, 0.717) is 15.9 Å². The van der Waals surface area contributed by atoms with Gasteiger partial charge in [-0.1, -0.05) is 27.5 Å². The summed E-state index contributed by atoms with van der Waals surface area (Å²) in [6.45, 7) is 0. The molecule has 3 nitrogen and oxygen atoms in total. The molecule has 1 unspecified atom stereocenters. The average molecular weight is 276 g/mol. The molecule has 1 rings (SSSR count). The summed E-state index contributed by atoms with van der Waals surface area (Å²) >= 11 is 8.93. The molecule has 1 aromatic carbocycles. The van der Waals surface area contributed by atoms with Gasteiger partial charge >= 0.3 is 0 Å². The number of hydrogen-bond acceptors (Lipinski definition) is 3. The van der Waals surface area contributed by atoms with Gasteiger partial charge in [0.25, 0.3) is 0 Å².